The maximum Gasteiger partial charge on any atom is 0.290 e. The number of alkyl halides is 2. The minimum absolute atomic E-state index is 0.195. The van der Waals surface area contributed by atoms with Crippen molar-refractivity contribution in [2.75, 3.05) is 6.61 Å². The van der Waals surface area contributed by atoms with E-state index in [0.717, 1.165) is 11.3 Å². The second-order valence-electron chi connectivity index (χ2n) is 2.53. The lowest BCUT2D eigenvalue weighted by Gasteiger charge is -2.20. The van der Waals surface area contributed by atoms with E-state index in [1.807, 2.05) is 0 Å². The van der Waals surface area contributed by atoms with E-state index in [0.29, 0.717) is 0 Å². The molecule has 0 aliphatic rings. The SMILES string of the molecule is N[C@H](c1sccc1Cl)C(F)(F)CO. The van der Waals surface area contributed by atoms with E-state index in [1.54, 1.807) is 5.38 Å². The lowest BCUT2D eigenvalue weighted by atomic mass is 10.1. The van der Waals surface area contributed by atoms with E-state index < -0.39 is 18.6 Å². The highest BCUT2D eigenvalue weighted by Gasteiger charge is 2.38. The van der Waals surface area contributed by atoms with Crippen molar-refractivity contribution < 1.29 is 13.9 Å². The summed E-state index contributed by atoms with van der Waals surface area (Å²) >= 11 is 6.66. The maximum absolute atomic E-state index is 12.9. The fourth-order valence-electron chi connectivity index (χ4n) is 0.817. The van der Waals surface area contributed by atoms with Crippen LogP contribution in [0.1, 0.15) is 10.9 Å². The quantitative estimate of drug-likeness (QED) is 0.830. The summed E-state index contributed by atoms with van der Waals surface area (Å²) in [6.45, 7) is -1.28. The molecule has 13 heavy (non-hydrogen) atoms. The van der Waals surface area contributed by atoms with Gasteiger partial charge in [-0.1, -0.05) is 11.6 Å². The number of aliphatic hydroxyl groups is 1. The summed E-state index contributed by atoms with van der Waals surface area (Å²) in [6, 6.07) is -0.0421. The first-order valence-electron chi connectivity index (χ1n) is 3.46. The van der Waals surface area contributed by atoms with Crippen molar-refractivity contribution in [2.24, 2.45) is 5.73 Å². The molecule has 3 N–H and O–H groups in total. The highest BCUT2D eigenvalue weighted by atomic mass is 35.5. The molecule has 0 unspecified atom stereocenters. The first kappa shape index (κ1) is 10.8. The Morgan fingerprint density at radius 1 is 1.69 bits per heavy atom. The number of thiophene rings is 1. The molecule has 0 saturated carbocycles. The summed E-state index contributed by atoms with van der Waals surface area (Å²) in [4.78, 5) is 0.195. The van der Waals surface area contributed by atoms with Crippen LogP contribution in [0.5, 0.6) is 0 Å². The zero-order chi connectivity index (χ0) is 10.1. The van der Waals surface area contributed by atoms with Crippen LogP contribution in [0.25, 0.3) is 0 Å². The van der Waals surface area contributed by atoms with Crippen LogP contribution < -0.4 is 5.73 Å². The zero-order valence-electron chi connectivity index (χ0n) is 6.51. The Hall–Kier alpha value is -0.230. The van der Waals surface area contributed by atoms with Gasteiger partial charge in [0.05, 0.1) is 5.02 Å². The standard InChI is InChI=1S/C7H8ClF2NOS/c8-4-1-2-13-5(4)6(11)7(9,10)3-12/h1-2,6,12H,3,11H2/t6-/m1/s1. The van der Waals surface area contributed by atoms with E-state index in [4.69, 9.17) is 22.4 Å². The van der Waals surface area contributed by atoms with Crippen LogP contribution in [0.15, 0.2) is 11.4 Å². The number of hydrogen-bond acceptors (Lipinski definition) is 3. The van der Waals surface area contributed by atoms with Gasteiger partial charge in [0.1, 0.15) is 12.6 Å². The summed E-state index contributed by atoms with van der Waals surface area (Å²) in [7, 11) is 0. The third-order valence-corrected chi connectivity index (χ3v) is 3.03. The second-order valence-corrected chi connectivity index (χ2v) is 3.88. The predicted molar refractivity (Wildman–Crippen MR) is 48.3 cm³/mol. The third kappa shape index (κ3) is 2.17. The Bertz CT molecular complexity index is 292. The van der Waals surface area contributed by atoms with Gasteiger partial charge in [-0.2, -0.15) is 0 Å². The van der Waals surface area contributed by atoms with Crippen LogP contribution in [0.4, 0.5) is 8.78 Å². The Labute approximate surface area is 82.9 Å². The Morgan fingerprint density at radius 3 is 2.69 bits per heavy atom. The molecule has 0 aliphatic heterocycles. The summed E-state index contributed by atoms with van der Waals surface area (Å²) in [5.74, 6) is -3.32. The molecule has 1 heterocycles. The van der Waals surface area contributed by atoms with E-state index in [9.17, 15) is 8.78 Å². The van der Waals surface area contributed by atoms with Gasteiger partial charge in [-0.05, 0) is 11.4 Å². The van der Waals surface area contributed by atoms with Gasteiger partial charge in [-0.3, -0.25) is 0 Å². The number of hydrogen-bond donors (Lipinski definition) is 2. The smallest absolute Gasteiger partial charge is 0.290 e. The largest absolute Gasteiger partial charge is 0.390 e. The highest BCUT2D eigenvalue weighted by Crippen LogP contribution is 2.35. The molecule has 0 fully saturated rings. The molecule has 0 spiro atoms. The van der Waals surface area contributed by atoms with Gasteiger partial charge < -0.3 is 10.8 Å². The summed E-state index contributed by atoms with van der Waals surface area (Å²) in [5.41, 5.74) is 5.24. The molecule has 2 nitrogen and oxygen atoms in total. The fraction of sp³-hybridized carbons (Fsp3) is 0.429. The van der Waals surface area contributed by atoms with Gasteiger partial charge in [0.15, 0.2) is 0 Å². The lowest BCUT2D eigenvalue weighted by molar-refractivity contribution is -0.0703. The monoisotopic (exact) mass is 227 g/mol. The van der Waals surface area contributed by atoms with Crippen molar-refractivity contribution in [1.29, 1.82) is 0 Å². The van der Waals surface area contributed by atoms with Crippen LogP contribution in [0.2, 0.25) is 5.02 Å². The second kappa shape index (κ2) is 3.88. The first-order chi connectivity index (χ1) is 5.99. The molecule has 6 heteroatoms. The first-order valence-corrected chi connectivity index (χ1v) is 4.72. The van der Waals surface area contributed by atoms with E-state index in [-0.39, 0.29) is 9.90 Å². The average molecular weight is 228 g/mol. The van der Waals surface area contributed by atoms with Gasteiger partial charge >= 0.3 is 0 Å². The summed E-state index contributed by atoms with van der Waals surface area (Å²) in [6.07, 6.45) is 0. The molecule has 1 atom stereocenters. The maximum atomic E-state index is 12.9. The van der Waals surface area contributed by atoms with Crippen LogP contribution in [-0.2, 0) is 0 Å². The normalized spacial score (nSPS) is 14.5. The predicted octanol–water partition coefficient (Wildman–Crippen LogP) is 2.03. The number of rotatable bonds is 3. The average Bonchev–Trinajstić information content (AvgIpc) is 2.50. The molecule has 1 aromatic heterocycles. The third-order valence-electron chi connectivity index (χ3n) is 1.59. The van der Waals surface area contributed by atoms with Gasteiger partial charge in [-0.15, -0.1) is 11.3 Å². The highest BCUT2D eigenvalue weighted by molar-refractivity contribution is 7.10. The minimum Gasteiger partial charge on any atom is -0.390 e. The molecule has 0 saturated heterocycles. The van der Waals surface area contributed by atoms with E-state index >= 15 is 0 Å². The molecule has 74 valence electrons. The molecular formula is C7H8ClF2NOS. The molecule has 1 rings (SSSR count). The topological polar surface area (TPSA) is 46.2 Å². The molecule has 0 aliphatic carbocycles. The van der Waals surface area contributed by atoms with Crippen molar-refractivity contribution >= 4 is 22.9 Å². The molecular weight excluding hydrogens is 220 g/mol. The molecule has 0 amide bonds. The van der Waals surface area contributed by atoms with Gasteiger partial charge in [-0.25, -0.2) is 8.78 Å². The van der Waals surface area contributed by atoms with Crippen LogP contribution in [-0.4, -0.2) is 17.6 Å². The van der Waals surface area contributed by atoms with Gasteiger partial charge in [0.25, 0.3) is 5.92 Å². The van der Waals surface area contributed by atoms with Crippen molar-refractivity contribution in [3.8, 4) is 0 Å². The van der Waals surface area contributed by atoms with E-state index in [1.165, 1.54) is 6.07 Å². The zero-order valence-corrected chi connectivity index (χ0v) is 8.08. The van der Waals surface area contributed by atoms with Crippen molar-refractivity contribution in [2.45, 2.75) is 12.0 Å². The van der Waals surface area contributed by atoms with Gasteiger partial charge in [0.2, 0.25) is 0 Å². The molecule has 0 aromatic carbocycles. The van der Waals surface area contributed by atoms with Crippen LogP contribution in [0, 0.1) is 0 Å². The van der Waals surface area contributed by atoms with Crippen molar-refractivity contribution in [1.82, 2.24) is 0 Å². The summed E-state index contributed by atoms with van der Waals surface area (Å²) in [5, 5.41) is 10.2. The van der Waals surface area contributed by atoms with Crippen molar-refractivity contribution in [3.05, 3.63) is 21.3 Å². The van der Waals surface area contributed by atoms with Gasteiger partial charge in [0, 0.05) is 4.88 Å². The molecule has 0 radical (unpaired) electrons. The minimum atomic E-state index is -3.32. The molecule has 0 bridgehead atoms. The van der Waals surface area contributed by atoms with Crippen LogP contribution in [0.3, 0.4) is 0 Å². The Kier molecular flexibility index (Phi) is 3.23. The fourth-order valence-corrected chi connectivity index (χ4v) is 2.06. The van der Waals surface area contributed by atoms with Crippen LogP contribution >= 0.6 is 22.9 Å². The lowest BCUT2D eigenvalue weighted by Crippen LogP contribution is -2.35. The Morgan fingerprint density at radius 2 is 2.31 bits per heavy atom. The number of aliphatic hydroxyl groups excluding tert-OH is 1. The van der Waals surface area contributed by atoms with E-state index in [2.05, 4.69) is 0 Å². The van der Waals surface area contributed by atoms with Crippen molar-refractivity contribution in [3.63, 3.8) is 0 Å². The summed E-state index contributed by atoms with van der Waals surface area (Å²) < 4.78 is 25.7. The Balaban J connectivity index is 2.91. The number of halogens is 3. The molecule has 1 aromatic rings. The number of nitrogens with two attached hydrogens (primary N) is 1.